The van der Waals surface area contributed by atoms with E-state index < -0.39 is 10.2 Å². The zero-order valence-corrected chi connectivity index (χ0v) is 15.6. The van der Waals surface area contributed by atoms with Crippen molar-refractivity contribution >= 4 is 21.1 Å². The van der Waals surface area contributed by atoms with Gasteiger partial charge in [0, 0.05) is 52.0 Å². The maximum absolute atomic E-state index is 12.9. The molecular weight excluding hydrogens is 338 g/mol. The van der Waals surface area contributed by atoms with Gasteiger partial charge in [-0.1, -0.05) is 24.3 Å². The van der Waals surface area contributed by atoms with Crippen LogP contribution in [0.5, 0.6) is 0 Å². The van der Waals surface area contributed by atoms with E-state index in [0.29, 0.717) is 32.2 Å². The molecular formula is C18H25N3O3S. The maximum Gasteiger partial charge on any atom is 0.282 e. The molecule has 2 heterocycles. The number of nitrogens with zero attached hydrogens (tertiary/aromatic N) is 3. The number of ether oxygens (including phenoxy) is 1. The number of pyridine rings is 1. The lowest BCUT2D eigenvalue weighted by atomic mass is 9.99. The van der Waals surface area contributed by atoms with Crippen LogP contribution >= 0.6 is 0 Å². The fourth-order valence-corrected chi connectivity index (χ4v) is 4.72. The van der Waals surface area contributed by atoms with E-state index in [0.717, 1.165) is 29.3 Å². The smallest absolute Gasteiger partial charge is 0.282 e. The van der Waals surface area contributed by atoms with Crippen molar-refractivity contribution < 1.29 is 13.2 Å². The predicted octanol–water partition coefficient (Wildman–Crippen LogP) is 2.27. The lowest BCUT2D eigenvalue weighted by Crippen LogP contribution is -2.45. The molecule has 1 fully saturated rings. The van der Waals surface area contributed by atoms with Gasteiger partial charge in [-0.3, -0.25) is 4.98 Å². The number of benzene rings is 1. The van der Waals surface area contributed by atoms with Gasteiger partial charge < -0.3 is 4.74 Å². The van der Waals surface area contributed by atoms with Gasteiger partial charge in [0.1, 0.15) is 0 Å². The standard InChI is InChI=1S/C18H25N3O3S/c1-20(13-17-6-3-5-16-7-4-10-19-18(16)17)25(22,23)21-11-8-15(9-12-21)14-24-2/h3-7,10,15H,8-9,11-14H2,1-2H3. The lowest BCUT2D eigenvalue weighted by molar-refractivity contribution is 0.120. The van der Waals surface area contributed by atoms with Crippen molar-refractivity contribution in [3.8, 4) is 0 Å². The fourth-order valence-electron chi connectivity index (χ4n) is 3.36. The number of para-hydroxylation sites is 1. The molecule has 6 nitrogen and oxygen atoms in total. The summed E-state index contributed by atoms with van der Waals surface area (Å²) in [6.45, 7) is 2.11. The van der Waals surface area contributed by atoms with E-state index in [1.54, 1.807) is 24.7 Å². The molecule has 1 aromatic heterocycles. The minimum absolute atomic E-state index is 0.314. The Hall–Kier alpha value is -1.54. The number of piperidine rings is 1. The highest BCUT2D eigenvalue weighted by Crippen LogP contribution is 2.23. The summed E-state index contributed by atoms with van der Waals surface area (Å²) >= 11 is 0. The first-order valence-corrected chi connectivity index (χ1v) is 9.95. The van der Waals surface area contributed by atoms with E-state index in [4.69, 9.17) is 4.74 Å². The van der Waals surface area contributed by atoms with Crippen LogP contribution in [-0.2, 0) is 21.5 Å². The minimum Gasteiger partial charge on any atom is -0.384 e. The van der Waals surface area contributed by atoms with Gasteiger partial charge in [-0.15, -0.1) is 0 Å². The summed E-state index contributed by atoms with van der Waals surface area (Å²) in [6.07, 6.45) is 3.42. The van der Waals surface area contributed by atoms with Crippen molar-refractivity contribution in [1.82, 2.24) is 13.6 Å². The first-order chi connectivity index (χ1) is 12.0. The molecule has 0 bridgehead atoms. The Morgan fingerprint density at radius 2 is 1.96 bits per heavy atom. The second-order valence-electron chi connectivity index (χ2n) is 6.55. The number of methoxy groups -OCH3 is 1. The Balaban J connectivity index is 1.72. The fraction of sp³-hybridized carbons (Fsp3) is 0.500. The van der Waals surface area contributed by atoms with Crippen LogP contribution in [0.2, 0.25) is 0 Å². The van der Waals surface area contributed by atoms with Crippen molar-refractivity contribution in [2.75, 3.05) is 33.9 Å². The van der Waals surface area contributed by atoms with E-state index in [1.807, 2.05) is 30.3 Å². The largest absolute Gasteiger partial charge is 0.384 e. The summed E-state index contributed by atoms with van der Waals surface area (Å²) in [5.41, 5.74) is 1.77. The summed E-state index contributed by atoms with van der Waals surface area (Å²) in [4.78, 5) is 4.41. The van der Waals surface area contributed by atoms with Gasteiger partial charge in [0.05, 0.1) is 5.52 Å². The Bertz CT molecular complexity index is 812. The van der Waals surface area contributed by atoms with Gasteiger partial charge in [-0.05, 0) is 30.4 Å². The molecule has 1 saturated heterocycles. The molecule has 7 heteroatoms. The molecule has 0 N–H and O–H groups in total. The molecule has 0 spiro atoms. The Labute approximate surface area is 149 Å². The first kappa shape index (κ1) is 18.3. The molecule has 1 aliphatic rings. The zero-order chi connectivity index (χ0) is 17.9. The van der Waals surface area contributed by atoms with Crippen molar-refractivity contribution in [2.24, 2.45) is 5.92 Å². The maximum atomic E-state index is 12.9. The summed E-state index contributed by atoms with van der Waals surface area (Å²) in [6, 6.07) is 9.74. The van der Waals surface area contributed by atoms with Crippen LogP contribution in [0.3, 0.4) is 0 Å². The topological polar surface area (TPSA) is 62.7 Å². The summed E-state index contributed by atoms with van der Waals surface area (Å²) in [5, 5.41) is 1.02. The first-order valence-electron chi connectivity index (χ1n) is 8.55. The summed E-state index contributed by atoms with van der Waals surface area (Å²) in [5.74, 6) is 0.448. The van der Waals surface area contributed by atoms with Crippen LogP contribution in [0, 0.1) is 5.92 Å². The van der Waals surface area contributed by atoms with Crippen LogP contribution in [0.25, 0.3) is 10.9 Å². The molecule has 2 aromatic rings. The molecule has 1 aromatic carbocycles. The van der Waals surface area contributed by atoms with E-state index in [2.05, 4.69) is 4.98 Å². The molecule has 3 rings (SSSR count). The Morgan fingerprint density at radius 3 is 2.68 bits per heavy atom. The van der Waals surface area contributed by atoms with Gasteiger partial charge in [0.2, 0.25) is 0 Å². The highest BCUT2D eigenvalue weighted by molar-refractivity contribution is 7.86. The molecule has 0 atom stereocenters. The number of hydrogen-bond donors (Lipinski definition) is 0. The van der Waals surface area contributed by atoms with E-state index in [9.17, 15) is 8.42 Å². The number of rotatable bonds is 6. The molecule has 0 aliphatic carbocycles. The molecule has 0 amide bonds. The van der Waals surface area contributed by atoms with Crippen molar-refractivity contribution in [3.63, 3.8) is 0 Å². The summed E-state index contributed by atoms with van der Waals surface area (Å²) in [7, 11) is -0.142. The quantitative estimate of drug-likeness (QED) is 0.790. The average molecular weight is 363 g/mol. The van der Waals surface area contributed by atoms with E-state index >= 15 is 0 Å². The van der Waals surface area contributed by atoms with Crippen LogP contribution in [-0.4, -0.2) is 55.9 Å². The van der Waals surface area contributed by atoms with Gasteiger partial charge in [0.15, 0.2) is 0 Å². The second-order valence-corrected chi connectivity index (χ2v) is 8.59. The molecule has 25 heavy (non-hydrogen) atoms. The number of hydrogen-bond acceptors (Lipinski definition) is 4. The van der Waals surface area contributed by atoms with E-state index in [1.165, 1.54) is 4.31 Å². The summed E-state index contributed by atoms with van der Waals surface area (Å²) < 4.78 is 34.0. The van der Waals surface area contributed by atoms with Crippen LogP contribution < -0.4 is 0 Å². The SMILES string of the molecule is COCC1CCN(S(=O)(=O)N(C)Cc2cccc3cccnc23)CC1. The normalized spacial score (nSPS) is 17.4. The highest BCUT2D eigenvalue weighted by Gasteiger charge is 2.31. The highest BCUT2D eigenvalue weighted by atomic mass is 32.2. The third kappa shape index (κ3) is 4.00. The molecule has 1 aliphatic heterocycles. The average Bonchev–Trinajstić information content (AvgIpc) is 2.63. The third-order valence-electron chi connectivity index (χ3n) is 4.81. The predicted molar refractivity (Wildman–Crippen MR) is 98.3 cm³/mol. The van der Waals surface area contributed by atoms with Crippen molar-refractivity contribution in [1.29, 1.82) is 0 Å². The van der Waals surface area contributed by atoms with Gasteiger partial charge in [0.25, 0.3) is 10.2 Å². The van der Waals surface area contributed by atoms with Gasteiger partial charge >= 0.3 is 0 Å². The second kappa shape index (κ2) is 7.78. The van der Waals surface area contributed by atoms with Gasteiger partial charge in [-0.2, -0.15) is 17.0 Å². The minimum atomic E-state index is -3.47. The zero-order valence-electron chi connectivity index (χ0n) is 14.8. The van der Waals surface area contributed by atoms with E-state index in [-0.39, 0.29) is 0 Å². The molecule has 136 valence electrons. The molecule has 0 saturated carbocycles. The monoisotopic (exact) mass is 363 g/mol. The molecule has 0 unspecified atom stereocenters. The van der Waals surface area contributed by atoms with Crippen LogP contribution in [0.4, 0.5) is 0 Å². The Morgan fingerprint density at radius 1 is 1.24 bits per heavy atom. The third-order valence-corrected chi connectivity index (χ3v) is 6.74. The Kier molecular flexibility index (Phi) is 5.68. The number of aromatic nitrogens is 1. The van der Waals surface area contributed by atoms with Crippen LogP contribution in [0.15, 0.2) is 36.5 Å². The van der Waals surface area contributed by atoms with Crippen molar-refractivity contribution in [3.05, 3.63) is 42.1 Å². The van der Waals surface area contributed by atoms with Gasteiger partial charge in [-0.25, -0.2) is 0 Å². The lowest BCUT2D eigenvalue weighted by Gasteiger charge is -2.33. The van der Waals surface area contributed by atoms with Crippen molar-refractivity contribution in [2.45, 2.75) is 19.4 Å². The number of fused-ring (bicyclic) bond motifs is 1. The van der Waals surface area contributed by atoms with Crippen LogP contribution in [0.1, 0.15) is 18.4 Å². The molecule has 0 radical (unpaired) electrons.